The first kappa shape index (κ1) is 21.1. The number of hydrogen-bond donors (Lipinski definition) is 0. The Balaban J connectivity index is 1.36. The molecule has 0 aromatic heterocycles. The Morgan fingerprint density at radius 2 is 1.55 bits per heavy atom. The first-order valence-electron chi connectivity index (χ1n) is 9.70. The first-order valence-corrected chi connectivity index (χ1v) is 10.1. The fourth-order valence-corrected chi connectivity index (χ4v) is 3.41. The summed E-state index contributed by atoms with van der Waals surface area (Å²) >= 11 is 6.04. The van der Waals surface area contributed by atoms with Crippen LogP contribution in [-0.2, 0) is 16.0 Å². The van der Waals surface area contributed by atoms with Crippen molar-refractivity contribution in [3.05, 3.63) is 64.9 Å². The molecular formula is C22H24ClFN2O3. The molecule has 1 aliphatic rings. The molecule has 0 spiro atoms. The number of nitrogens with zero attached hydrogens (tertiary/aromatic N) is 2. The van der Waals surface area contributed by atoms with E-state index in [-0.39, 0.29) is 24.1 Å². The summed E-state index contributed by atoms with van der Waals surface area (Å²) in [5.74, 6) is 0.371. The van der Waals surface area contributed by atoms with Crippen LogP contribution in [0.4, 0.5) is 4.39 Å². The first-order chi connectivity index (χ1) is 14.0. The monoisotopic (exact) mass is 418 g/mol. The van der Waals surface area contributed by atoms with Gasteiger partial charge in [0, 0.05) is 32.6 Å². The molecule has 1 heterocycles. The lowest BCUT2D eigenvalue weighted by Gasteiger charge is -2.35. The van der Waals surface area contributed by atoms with Gasteiger partial charge in [-0.2, -0.15) is 0 Å². The van der Waals surface area contributed by atoms with Gasteiger partial charge in [0.1, 0.15) is 11.6 Å². The predicted molar refractivity (Wildman–Crippen MR) is 109 cm³/mol. The van der Waals surface area contributed by atoms with Crippen LogP contribution in [0.3, 0.4) is 0 Å². The number of para-hydroxylation sites is 1. The van der Waals surface area contributed by atoms with Gasteiger partial charge in [-0.3, -0.25) is 9.59 Å². The SMILES string of the molecule is O=C(CCCOc1ccccc1Cl)N1CCN(C(=O)Cc2ccc(F)cc2)CC1. The molecule has 5 nitrogen and oxygen atoms in total. The number of piperazine rings is 1. The average molecular weight is 419 g/mol. The number of rotatable bonds is 7. The number of carbonyl (C=O) groups excluding carboxylic acids is 2. The molecule has 1 aliphatic heterocycles. The summed E-state index contributed by atoms with van der Waals surface area (Å²) in [5.41, 5.74) is 0.786. The van der Waals surface area contributed by atoms with Crippen molar-refractivity contribution >= 4 is 23.4 Å². The molecule has 154 valence electrons. The molecule has 2 aromatic carbocycles. The third-order valence-corrected chi connectivity index (χ3v) is 5.20. The fourth-order valence-electron chi connectivity index (χ4n) is 3.22. The summed E-state index contributed by atoms with van der Waals surface area (Å²) in [4.78, 5) is 28.3. The molecule has 1 saturated heterocycles. The number of amides is 2. The van der Waals surface area contributed by atoms with Crippen molar-refractivity contribution in [1.82, 2.24) is 9.80 Å². The van der Waals surface area contributed by atoms with Gasteiger partial charge >= 0.3 is 0 Å². The van der Waals surface area contributed by atoms with Crippen molar-refractivity contribution in [1.29, 1.82) is 0 Å². The van der Waals surface area contributed by atoms with Crippen LogP contribution in [0, 0.1) is 5.82 Å². The summed E-state index contributed by atoms with van der Waals surface area (Å²) in [6, 6.07) is 13.2. The van der Waals surface area contributed by atoms with Crippen LogP contribution in [0.2, 0.25) is 5.02 Å². The lowest BCUT2D eigenvalue weighted by Crippen LogP contribution is -2.51. The molecule has 0 saturated carbocycles. The van der Waals surface area contributed by atoms with Gasteiger partial charge in [-0.15, -0.1) is 0 Å². The van der Waals surface area contributed by atoms with Gasteiger partial charge in [-0.05, 0) is 36.2 Å². The van der Waals surface area contributed by atoms with Gasteiger partial charge in [-0.1, -0.05) is 35.9 Å². The van der Waals surface area contributed by atoms with Crippen LogP contribution in [0.25, 0.3) is 0 Å². The molecule has 0 unspecified atom stereocenters. The zero-order chi connectivity index (χ0) is 20.6. The largest absolute Gasteiger partial charge is 0.492 e. The Morgan fingerprint density at radius 1 is 0.931 bits per heavy atom. The standard InChI is InChI=1S/C22H24ClFN2O3/c23-19-4-1-2-5-20(19)29-15-3-6-21(27)25-11-13-26(14-12-25)22(28)16-17-7-9-18(24)10-8-17/h1-2,4-5,7-10H,3,6,11-16H2. The van der Waals surface area contributed by atoms with E-state index in [1.54, 1.807) is 34.1 Å². The van der Waals surface area contributed by atoms with Crippen LogP contribution in [0.1, 0.15) is 18.4 Å². The Bertz CT molecular complexity index is 836. The molecule has 29 heavy (non-hydrogen) atoms. The molecule has 2 aromatic rings. The van der Waals surface area contributed by atoms with Crippen LogP contribution in [0.5, 0.6) is 5.75 Å². The Hall–Kier alpha value is -2.60. The van der Waals surface area contributed by atoms with Gasteiger partial charge in [0.15, 0.2) is 0 Å². The van der Waals surface area contributed by atoms with Crippen LogP contribution >= 0.6 is 11.6 Å². The zero-order valence-electron chi connectivity index (χ0n) is 16.2. The number of ether oxygens (including phenoxy) is 1. The van der Waals surface area contributed by atoms with E-state index in [1.807, 2.05) is 12.1 Å². The lowest BCUT2D eigenvalue weighted by molar-refractivity contribution is -0.139. The minimum Gasteiger partial charge on any atom is -0.492 e. The molecule has 1 fully saturated rings. The fraction of sp³-hybridized carbons (Fsp3) is 0.364. The molecule has 0 N–H and O–H groups in total. The van der Waals surface area contributed by atoms with Crippen molar-refractivity contribution in [2.24, 2.45) is 0 Å². The smallest absolute Gasteiger partial charge is 0.227 e. The van der Waals surface area contributed by atoms with E-state index in [4.69, 9.17) is 16.3 Å². The maximum atomic E-state index is 13.0. The number of carbonyl (C=O) groups is 2. The molecule has 0 aliphatic carbocycles. The highest BCUT2D eigenvalue weighted by molar-refractivity contribution is 6.32. The van der Waals surface area contributed by atoms with Crippen molar-refractivity contribution < 1.29 is 18.7 Å². The number of hydrogen-bond acceptors (Lipinski definition) is 3. The van der Waals surface area contributed by atoms with Gasteiger partial charge in [-0.25, -0.2) is 4.39 Å². The highest BCUT2D eigenvalue weighted by Gasteiger charge is 2.23. The third kappa shape index (κ3) is 6.19. The summed E-state index contributed by atoms with van der Waals surface area (Å²) in [6.07, 6.45) is 1.25. The predicted octanol–water partition coefficient (Wildman–Crippen LogP) is 3.55. The van der Waals surface area contributed by atoms with Gasteiger partial charge in [0.2, 0.25) is 11.8 Å². The van der Waals surface area contributed by atoms with Gasteiger partial charge in [0.05, 0.1) is 18.1 Å². The topological polar surface area (TPSA) is 49.9 Å². The molecule has 7 heteroatoms. The van der Waals surface area contributed by atoms with Crippen molar-refractivity contribution in [3.8, 4) is 5.75 Å². The molecule has 0 radical (unpaired) electrons. The molecule has 3 rings (SSSR count). The second-order valence-corrected chi connectivity index (χ2v) is 7.35. The Kier molecular flexibility index (Phi) is 7.47. The quantitative estimate of drug-likeness (QED) is 0.646. The Labute approximate surface area is 175 Å². The van der Waals surface area contributed by atoms with Crippen LogP contribution in [0.15, 0.2) is 48.5 Å². The van der Waals surface area contributed by atoms with Crippen molar-refractivity contribution in [2.45, 2.75) is 19.3 Å². The summed E-state index contributed by atoms with van der Waals surface area (Å²) in [6.45, 7) is 2.51. The van der Waals surface area contributed by atoms with Gasteiger partial charge < -0.3 is 14.5 Å². The molecule has 0 bridgehead atoms. The van der Waals surface area contributed by atoms with Gasteiger partial charge in [0.25, 0.3) is 0 Å². The highest BCUT2D eigenvalue weighted by atomic mass is 35.5. The van der Waals surface area contributed by atoms with Crippen molar-refractivity contribution in [3.63, 3.8) is 0 Å². The van der Waals surface area contributed by atoms with E-state index in [9.17, 15) is 14.0 Å². The van der Waals surface area contributed by atoms with E-state index < -0.39 is 0 Å². The Morgan fingerprint density at radius 3 is 2.21 bits per heavy atom. The minimum atomic E-state index is -0.314. The van der Waals surface area contributed by atoms with Crippen LogP contribution < -0.4 is 4.74 Å². The third-order valence-electron chi connectivity index (χ3n) is 4.88. The summed E-state index contributed by atoms with van der Waals surface area (Å²) in [7, 11) is 0. The average Bonchev–Trinajstić information content (AvgIpc) is 2.74. The second-order valence-electron chi connectivity index (χ2n) is 6.95. The van der Waals surface area contributed by atoms with Crippen molar-refractivity contribution in [2.75, 3.05) is 32.8 Å². The lowest BCUT2D eigenvalue weighted by atomic mass is 10.1. The maximum absolute atomic E-state index is 13.0. The molecular weight excluding hydrogens is 395 g/mol. The highest BCUT2D eigenvalue weighted by Crippen LogP contribution is 2.23. The normalized spacial score (nSPS) is 14.0. The zero-order valence-corrected chi connectivity index (χ0v) is 16.9. The van der Waals surface area contributed by atoms with E-state index >= 15 is 0 Å². The summed E-state index contributed by atoms with van der Waals surface area (Å²) < 4.78 is 18.6. The van der Waals surface area contributed by atoms with E-state index in [0.29, 0.717) is 56.4 Å². The van der Waals surface area contributed by atoms with E-state index in [1.165, 1.54) is 12.1 Å². The minimum absolute atomic E-state index is 0.00292. The number of benzene rings is 2. The molecule has 0 atom stereocenters. The second kappa shape index (κ2) is 10.3. The van der Waals surface area contributed by atoms with E-state index in [0.717, 1.165) is 5.56 Å². The van der Waals surface area contributed by atoms with E-state index in [2.05, 4.69) is 0 Å². The molecule has 2 amide bonds. The number of halogens is 2. The van der Waals surface area contributed by atoms with Crippen LogP contribution in [-0.4, -0.2) is 54.4 Å². The summed E-state index contributed by atoms with van der Waals surface area (Å²) in [5, 5.41) is 0.556. The maximum Gasteiger partial charge on any atom is 0.227 e.